The Balaban J connectivity index is 2.16. The first-order valence-electron chi connectivity index (χ1n) is 6.54. The summed E-state index contributed by atoms with van der Waals surface area (Å²) in [6, 6.07) is 4.71. The fourth-order valence-corrected chi connectivity index (χ4v) is 3.03. The maximum atomic E-state index is 11.5. The summed E-state index contributed by atoms with van der Waals surface area (Å²) in [5.41, 5.74) is 6.65. The van der Waals surface area contributed by atoms with Crippen molar-refractivity contribution in [3.63, 3.8) is 0 Å². The number of halogens is 1. The third-order valence-corrected chi connectivity index (χ3v) is 4.35. The molecule has 5 nitrogen and oxygen atoms in total. The number of carbonyl (C=O) groups is 2. The van der Waals surface area contributed by atoms with Gasteiger partial charge in [0.05, 0.1) is 11.6 Å². The lowest BCUT2D eigenvalue weighted by Crippen LogP contribution is -2.47. The van der Waals surface area contributed by atoms with E-state index < -0.39 is 5.97 Å². The lowest BCUT2D eigenvalue weighted by atomic mass is 10.0. The van der Waals surface area contributed by atoms with Gasteiger partial charge in [-0.3, -0.25) is 9.69 Å². The molecule has 2 rings (SSSR count). The van der Waals surface area contributed by atoms with Gasteiger partial charge in [0.1, 0.15) is 0 Å². The Bertz CT molecular complexity index is 533. The quantitative estimate of drug-likeness (QED) is 0.877. The Labute approximate surface area is 125 Å². The Kier molecular flexibility index (Phi) is 4.77. The molecule has 0 spiro atoms. The fraction of sp³-hybridized carbons (Fsp3) is 0.429. The van der Waals surface area contributed by atoms with E-state index in [9.17, 15) is 9.59 Å². The zero-order chi connectivity index (χ0) is 14.7. The molecule has 1 atom stereocenters. The zero-order valence-corrected chi connectivity index (χ0v) is 12.6. The Hall–Kier alpha value is -1.40. The molecular formula is C14H17BrN2O3. The summed E-state index contributed by atoms with van der Waals surface area (Å²) in [4.78, 5) is 24.4. The van der Waals surface area contributed by atoms with E-state index in [1.54, 1.807) is 18.2 Å². The summed E-state index contributed by atoms with van der Waals surface area (Å²) < 4.78 is 0.742. The summed E-state index contributed by atoms with van der Waals surface area (Å²) in [5.74, 6) is -1.24. The van der Waals surface area contributed by atoms with Gasteiger partial charge in [-0.1, -0.05) is 28.4 Å². The van der Waals surface area contributed by atoms with Crippen LogP contribution in [0.1, 0.15) is 35.2 Å². The Morgan fingerprint density at radius 3 is 2.75 bits per heavy atom. The van der Waals surface area contributed by atoms with Crippen LogP contribution in [0.2, 0.25) is 0 Å². The molecule has 1 aromatic carbocycles. The number of carboxylic acid groups (broad SMARTS) is 1. The lowest BCUT2D eigenvalue weighted by Gasteiger charge is -2.33. The number of amides is 1. The first-order valence-corrected chi connectivity index (χ1v) is 7.33. The molecule has 1 unspecified atom stereocenters. The smallest absolute Gasteiger partial charge is 0.335 e. The van der Waals surface area contributed by atoms with Crippen molar-refractivity contribution in [1.29, 1.82) is 0 Å². The van der Waals surface area contributed by atoms with Crippen LogP contribution in [0.5, 0.6) is 0 Å². The minimum atomic E-state index is -0.953. The average molecular weight is 341 g/mol. The highest BCUT2D eigenvalue weighted by Crippen LogP contribution is 2.24. The van der Waals surface area contributed by atoms with Gasteiger partial charge < -0.3 is 10.8 Å². The van der Waals surface area contributed by atoms with E-state index in [1.807, 2.05) is 0 Å². The first-order chi connectivity index (χ1) is 9.49. The van der Waals surface area contributed by atoms with E-state index in [0.29, 0.717) is 6.54 Å². The van der Waals surface area contributed by atoms with Crippen LogP contribution in [0, 0.1) is 0 Å². The number of hydrogen-bond acceptors (Lipinski definition) is 3. The highest BCUT2D eigenvalue weighted by Gasteiger charge is 2.27. The van der Waals surface area contributed by atoms with Gasteiger partial charge in [-0.05, 0) is 37.1 Å². The van der Waals surface area contributed by atoms with E-state index in [-0.39, 0.29) is 17.5 Å². The van der Waals surface area contributed by atoms with Gasteiger partial charge in [0.15, 0.2) is 0 Å². The molecule has 108 valence electrons. The largest absolute Gasteiger partial charge is 0.478 e. The number of carbonyl (C=O) groups excluding carboxylic acids is 1. The number of nitrogens with zero attached hydrogens (tertiary/aromatic N) is 1. The molecule has 1 heterocycles. The van der Waals surface area contributed by atoms with Crippen molar-refractivity contribution in [2.24, 2.45) is 5.73 Å². The van der Waals surface area contributed by atoms with Crippen LogP contribution < -0.4 is 5.73 Å². The van der Waals surface area contributed by atoms with Crippen LogP contribution in [0.3, 0.4) is 0 Å². The van der Waals surface area contributed by atoms with Gasteiger partial charge in [-0.15, -0.1) is 0 Å². The molecule has 6 heteroatoms. The van der Waals surface area contributed by atoms with E-state index >= 15 is 0 Å². The molecule has 20 heavy (non-hydrogen) atoms. The molecule has 1 aliphatic heterocycles. The molecule has 1 aromatic rings. The van der Waals surface area contributed by atoms with Crippen molar-refractivity contribution in [2.45, 2.75) is 31.8 Å². The topological polar surface area (TPSA) is 83.6 Å². The van der Waals surface area contributed by atoms with Gasteiger partial charge in [0, 0.05) is 11.0 Å². The molecule has 3 N–H and O–H groups in total. The number of nitrogens with two attached hydrogens (primary N) is 1. The number of hydrogen-bond donors (Lipinski definition) is 2. The summed E-state index contributed by atoms with van der Waals surface area (Å²) in [6.45, 7) is 1.43. The van der Waals surface area contributed by atoms with Crippen molar-refractivity contribution in [2.75, 3.05) is 6.54 Å². The van der Waals surface area contributed by atoms with Crippen molar-refractivity contribution >= 4 is 27.8 Å². The summed E-state index contributed by atoms with van der Waals surface area (Å²) in [6.07, 6.45) is 2.86. The van der Waals surface area contributed by atoms with E-state index in [1.165, 1.54) is 0 Å². The van der Waals surface area contributed by atoms with Crippen LogP contribution in [0.25, 0.3) is 0 Å². The highest BCUT2D eigenvalue weighted by molar-refractivity contribution is 9.10. The molecule has 0 saturated carbocycles. The molecule has 0 aliphatic carbocycles. The third kappa shape index (κ3) is 3.37. The second-order valence-electron chi connectivity index (χ2n) is 5.00. The number of aromatic carboxylic acids is 1. The van der Waals surface area contributed by atoms with Gasteiger partial charge >= 0.3 is 5.97 Å². The third-order valence-electron chi connectivity index (χ3n) is 3.62. The summed E-state index contributed by atoms with van der Waals surface area (Å²) in [5, 5.41) is 8.94. The summed E-state index contributed by atoms with van der Waals surface area (Å²) in [7, 11) is 0. The number of likely N-dealkylation sites (tertiary alicyclic amines) is 1. The van der Waals surface area contributed by atoms with Gasteiger partial charge in [-0.25, -0.2) is 4.79 Å². The van der Waals surface area contributed by atoms with Gasteiger partial charge in [0.25, 0.3) is 0 Å². The van der Waals surface area contributed by atoms with Crippen LogP contribution in [-0.2, 0) is 11.3 Å². The second kappa shape index (κ2) is 6.37. The molecule has 1 saturated heterocycles. The normalized spacial score (nSPS) is 19.8. The van der Waals surface area contributed by atoms with E-state index in [0.717, 1.165) is 35.8 Å². The molecular weight excluding hydrogens is 324 g/mol. The predicted molar refractivity (Wildman–Crippen MR) is 78.3 cm³/mol. The standard InChI is InChI=1S/C14H17BrN2O3/c15-11-7-9(14(19)20)4-5-10(11)8-17-6-2-1-3-12(17)13(16)18/h4-5,7,12H,1-3,6,8H2,(H2,16,18)(H,19,20). The van der Waals surface area contributed by atoms with Gasteiger partial charge in [-0.2, -0.15) is 0 Å². The van der Waals surface area contributed by atoms with Crippen molar-refractivity contribution in [3.8, 4) is 0 Å². The number of carboxylic acids is 1. The number of primary amides is 1. The SMILES string of the molecule is NC(=O)C1CCCCN1Cc1ccc(C(=O)O)cc1Br. The summed E-state index contributed by atoms with van der Waals surface area (Å²) >= 11 is 3.39. The maximum Gasteiger partial charge on any atom is 0.335 e. The Morgan fingerprint density at radius 2 is 2.15 bits per heavy atom. The Morgan fingerprint density at radius 1 is 1.40 bits per heavy atom. The van der Waals surface area contributed by atoms with Crippen LogP contribution in [0.15, 0.2) is 22.7 Å². The molecule has 0 aromatic heterocycles. The molecule has 0 bridgehead atoms. The van der Waals surface area contributed by atoms with Crippen LogP contribution in [0.4, 0.5) is 0 Å². The molecule has 1 amide bonds. The lowest BCUT2D eigenvalue weighted by molar-refractivity contribution is -0.124. The minimum Gasteiger partial charge on any atom is -0.478 e. The van der Waals surface area contributed by atoms with E-state index in [2.05, 4.69) is 20.8 Å². The van der Waals surface area contributed by atoms with Crippen LogP contribution >= 0.6 is 15.9 Å². The monoisotopic (exact) mass is 340 g/mol. The average Bonchev–Trinajstić information content (AvgIpc) is 2.41. The van der Waals surface area contributed by atoms with Crippen molar-refractivity contribution in [1.82, 2.24) is 4.90 Å². The highest BCUT2D eigenvalue weighted by atomic mass is 79.9. The van der Waals surface area contributed by atoms with Crippen molar-refractivity contribution in [3.05, 3.63) is 33.8 Å². The molecule has 0 radical (unpaired) electrons. The zero-order valence-electron chi connectivity index (χ0n) is 11.0. The van der Waals surface area contributed by atoms with Gasteiger partial charge in [0.2, 0.25) is 5.91 Å². The molecule has 1 aliphatic rings. The molecule has 1 fully saturated rings. The first kappa shape index (κ1) is 15.0. The number of benzene rings is 1. The number of rotatable bonds is 4. The second-order valence-corrected chi connectivity index (χ2v) is 5.85. The fourth-order valence-electron chi connectivity index (χ4n) is 2.53. The number of piperidine rings is 1. The van der Waals surface area contributed by atoms with E-state index in [4.69, 9.17) is 10.8 Å². The minimum absolute atomic E-state index is 0.227. The van der Waals surface area contributed by atoms with Crippen molar-refractivity contribution < 1.29 is 14.7 Å². The predicted octanol–water partition coefficient (Wildman–Crippen LogP) is 1.99. The van der Waals surface area contributed by atoms with Crippen LogP contribution in [-0.4, -0.2) is 34.5 Å². The maximum absolute atomic E-state index is 11.5.